The van der Waals surface area contributed by atoms with Crippen LogP contribution in [0.3, 0.4) is 0 Å². The Morgan fingerprint density at radius 2 is 1.89 bits per heavy atom. The number of aromatic carboxylic acids is 1. The zero-order valence-corrected chi connectivity index (χ0v) is 15.8. The van der Waals surface area contributed by atoms with Crippen molar-refractivity contribution in [2.75, 3.05) is 19.0 Å². The van der Waals surface area contributed by atoms with Crippen molar-refractivity contribution in [3.8, 4) is 5.75 Å². The number of carbonyl (C=O) groups is 3. The van der Waals surface area contributed by atoms with E-state index in [1.807, 2.05) is 19.1 Å². The van der Waals surface area contributed by atoms with Crippen molar-refractivity contribution >= 4 is 23.5 Å². The van der Waals surface area contributed by atoms with E-state index >= 15 is 0 Å². The molecule has 1 atom stereocenters. The average Bonchev–Trinajstić information content (AvgIpc) is 3.17. The summed E-state index contributed by atoms with van der Waals surface area (Å²) in [4.78, 5) is 38.4. The molecule has 2 amide bonds. The van der Waals surface area contributed by atoms with Crippen molar-refractivity contribution in [2.24, 2.45) is 0 Å². The number of hydrogen-bond acceptors (Lipinski definition) is 4. The predicted molar refractivity (Wildman–Crippen MR) is 104 cm³/mol. The number of anilines is 1. The van der Waals surface area contributed by atoms with Gasteiger partial charge in [-0.3, -0.25) is 9.59 Å². The molecule has 146 valence electrons. The van der Waals surface area contributed by atoms with Gasteiger partial charge in [0.05, 0.1) is 18.4 Å². The van der Waals surface area contributed by atoms with Gasteiger partial charge in [-0.1, -0.05) is 12.1 Å². The Morgan fingerprint density at radius 3 is 2.61 bits per heavy atom. The topological polar surface area (TPSA) is 95.9 Å². The highest BCUT2D eigenvalue weighted by atomic mass is 16.5. The first-order valence-electron chi connectivity index (χ1n) is 9.00. The highest BCUT2D eigenvalue weighted by Gasteiger charge is 2.35. The Morgan fingerprint density at radius 1 is 1.14 bits per heavy atom. The zero-order valence-electron chi connectivity index (χ0n) is 15.8. The summed E-state index contributed by atoms with van der Waals surface area (Å²) in [5.41, 5.74) is 1.82. The van der Waals surface area contributed by atoms with E-state index in [4.69, 9.17) is 9.84 Å². The first-order valence-corrected chi connectivity index (χ1v) is 9.00. The van der Waals surface area contributed by atoms with Crippen molar-refractivity contribution in [3.05, 3.63) is 59.2 Å². The lowest BCUT2D eigenvalue weighted by atomic mass is 10.1. The van der Waals surface area contributed by atoms with E-state index in [1.54, 1.807) is 12.1 Å². The van der Waals surface area contributed by atoms with E-state index in [0.29, 0.717) is 30.8 Å². The number of aryl methyl sites for hydroxylation is 1. The van der Waals surface area contributed by atoms with Gasteiger partial charge in [0.2, 0.25) is 5.91 Å². The number of benzene rings is 2. The number of nitrogens with zero attached hydrogens (tertiary/aromatic N) is 1. The van der Waals surface area contributed by atoms with Gasteiger partial charge in [-0.15, -0.1) is 0 Å². The normalized spacial score (nSPS) is 15.9. The third kappa shape index (κ3) is 3.98. The molecule has 3 rings (SSSR count). The molecule has 1 saturated heterocycles. The van der Waals surface area contributed by atoms with Crippen molar-refractivity contribution < 1.29 is 24.2 Å². The maximum atomic E-state index is 12.9. The summed E-state index contributed by atoms with van der Waals surface area (Å²) < 4.78 is 5.29. The molecule has 0 bridgehead atoms. The summed E-state index contributed by atoms with van der Waals surface area (Å²) in [5, 5.41) is 12.0. The zero-order chi connectivity index (χ0) is 20.3. The molecule has 0 radical (unpaired) electrons. The number of amides is 2. The average molecular weight is 382 g/mol. The van der Waals surface area contributed by atoms with E-state index in [1.165, 1.54) is 30.2 Å². The Bertz CT molecular complexity index is 925. The van der Waals surface area contributed by atoms with Gasteiger partial charge in [0, 0.05) is 12.1 Å². The van der Waals surface area contributed by atoms with Crippen LogP contribution in [0.5, 0.6) is 5.75 Å². The molecule has 1 heterocycles. The predicted octanol–water partition coefficient (Wildman–Crippen LogP) is 2.95. The lowest BCUT2D eigenvalue weighted by Crippen LogP contribution is -2.43. The summed E-state index contributed by atoms with van der Waals surface area (Å²) >= 11 is 0. The number of methoxy groups -OCH3 is 1. The Hall–Kier alpha value is -3.35. The van der Waals surface area contributed by atoms with Crippen LogP contribution in [0.2, 0.25) is 0 Å². The number of likely N-dealkylation sites (tertiary alicyclic amines) is 1. The van der Waals surface area contributed by atoms with Crippen LogP contribution in [-0.4, -0.2) is 47.5 Å². The van der Waals surface area contributed by atoms with Crippen LogP contribution in [0.15, 0.2) is 42.5 Å². The van der Waals surface area contributed by atoms with Gasteiger partial charge in [0.1, 0.15) is 11.8 Å². The largest absolute Gasteiger partial charge is 0.495 e. The number of ether oxygens (including phenoxy) is 1. The van der Waals surface area contributed by atoms with Crippen LogP contribution in [0.25, 0.3) is 0 Å². The summed E-state index contributed by atoms with van der Waals surface area (Å²) in [5.74, 6) is -1.19. The second-order valence-electron chi connectivity index (χ2n) is 6.74. The third-order valence-corrected chi connectivity index (χ3v) is 4.79. The number of carboxylic acids is 1. The fourth-order valence-corrected chi connectivity index (χ4v) is 3.37. The van der Waals surface area contributed by atoms with Crippen LogP contribution in [-0.2, 0) is 4.79 Å². The van der Waals surface area contributed by atoms with Crippen molar-refractivity contribution in [1.82, 2.24) is 4.90 Å². The second-order valence-corrected chi connectivity index (χ2v) is 6.74. The van der Waals surface area contributed by atoms with Gasteiger partial charge in [-0.25, -0.2) is 4.79 Å². The van der Waals surface area contributed by atoms with Gasteiger partial charge in [-0.05, 0) is 55.7 Å². The molecule has 0 aliphatic carbocycles. The summed E-state index contributed by atoms with van der Waals surface area (Å²) in [6.45, 7) is 2.36. The van der Waals surface area contributed by atoms with Crippen molar-refractivity contribution in [1.29, 1.82) is 0 Å². The van der Waals surface area contributed by atoms with E-state index in [9.17, 15) is 14.4 Å². The van der Waals surface area contributed by atoms with Gasteiger partial charge in [0.15, 0.2) is 0 Å². The summed E-state index contributed by atoms with van der Waals surface area (Å²) in [6, 6.07) is 10.7. The fourth-order valence-electron chi connectivity index (χ4n) is 3.37. The molecule has 2 aromatic carbocycles. The third-order valence-electron chi connectivity index (χ3n) is 4.79. The first-order chi connectivity index (χ1) is 13.4. The molecule has 0 aromatic heterocycles. The molecule has 1 aliphatic rings. The van der Waals surface area contributed by atoms with E-state index < -0.39 is 12.0 Å². The van der Waals surface area contributed by atoms with Crippen LogP contribution in [0, 0.1) is 6.92 Å². The van der Waals surface area contributed by atoms with Crippen LogP contribution in [0.4, 0.5) is 5.69 Å². The van der Waals surface area contributed by atoms with Crippen LogP contribution < -0.4 is 10.1 Å². The lowest BCUT2D eigenvalue weighted by molar-refractivity contribution is -0.119. The van der Waals surface area contributed by atoms with Gasteiger partial charge < -0.3 is 20.1 Å². The van der Waals surface area contributed by atoms with Gasteiger partial charge in [0.25, 0.3) is 5.91 Å². The highest BCUT2D eigenvalue weighted by molar-refractivity contribution is 6.03. The second kappa shape index (κ2) is 8.12. The maximum absolute atomic E-state index is 12.9. The van der Waals surface area contributed by atoms with E-state index in [2.05, 4.69) is 5.32 Å². The highest BCUT2D eigenvalue weighted by Crippen LogP contribution is 2.27. The molecule has 1 unspecified atom stereocenters. The molecular weight excluding hydrogens is 360 g/mol. The minimum atomic E-state index is -1.10. The molecule has 2 aromatic rings. The van der Waals surface area contributed by atoms with Crippen molar-refractivity contribution in [2.45, 2.75) is 25.8 Å². The number of carbonyl (C=O) groups excluding carboxylic acids is 2. The number of carboxylic acid groups (broad SMARTS) is 1. The Balaban J connectivity index is 1.80. The van der Waals surface area contributed by atoms with E-state index in [0.717, 1.165) is 5.56 Å². The molecule has 2 N–H and O–H groups in total. The quantitative estimate of drug-likeness (QED) is 0.829. The first kappa shape index (κ1) is 19.4. The maximum Gasteiger partial charge on any atom is 0.335 e. The fraction of sp³-hybridized carbons (Fsp3) is 0.286. The SMILES string of the molecule is COc1ccc(C)cc1NC(=O)C1CCCN1C(=O)c1cccc(C(=O)O)c1. The van der Waals surface area contributed by atoms with Crippen LogP contribution >= 0.6 is 0 Å². The molecule has 0 spiro atoms. The Labute approximate surface area is 162 Å². The molecule has 0 saturated carbocycles. The Kier molecular flexibility index (Phi) is 5.63. The van der Waals surface area contributed by atoms with Gasteiger partial charge in [-0.2, -0.15) is 0 Å². The van der Waals surface area contributed by atoms with Gasteiger partial charge >= 0.3 is 5.97 Å². The van der Waals surface area contributed by atoms with E-state index in [-0.39, 0.29) is 22.9 Å². The van der Waals surface area contributed by atoms with Crippen molar-refractivity contribution in [3.63, 3.8) is 0 Å². The summed E-state index contributed by atoms with van der Waals surface area (Å²) in [6.07, 6.45) is 1.25. The molecule has 7 heteroatoms. The standard InChI is InChI=1S/C21H22N2O5/c1-13-8-9-18(28-2)16(11-13)22-19(24)17-7-4-10-23(17)20(25)14-5-3-6-15(12-14)21(26)27/h3,5-6,8-9,11-12,17H,4,7,10H2,1-2H3,(H,22,24)(H,26,27). The van der Waals surface area contributed by atoms with Crippen LogP contribution in [0.1, 0.15) is 39.1 Å². The molecular formula is C21H22N2O5. The molecule has 28 heavy (non-hydrogen) atoms. The monoisotopic (exact) mass is 382 g/mol. The number of rotatable bonds is 5. The smallest absolute Gasteiger partial charge is 0.335 e. The molecule has 1 fully saturated rings. The lowest BCUT2D eigenvalue weighted by Gasteiger charge is -2.24. The number of hydrogen-bond donors (Lipinski definition) is 2. The minimum Gasteiger partial charge on any atom is -0.495 e. The molecule has 7 nitrogen and oxygen atoms in total. The minimum absolute atomic E-state index is 0.0375. The molecule has 1 aliphatic heterocycles. The number of nitrogens with one attached hydrogen (secondary N) is 1. The summed E-state index contributed by atoms with van der Waals surface area (Å²) in [7, 11) is 1.53.